The van der Waals surface area contributed by atoms with Gasteiger partial charge in [-0.1, -0.05) is 39.0 Å². The maximum absolute atomic E-state index is 3.64. The molecule has 100 valence electrons. The number of nitrogens with zero attached hydrogens (tertiary/aromatic N) is 1. The molecular weight excluding hydrogens is 208 g/mol. The molecular formula is C15H30N2. The number of rotatable bonds is 4. The van der Waals surface area contributed by atoms with Crippen LogP contribution >= 0.6 is 0 Å². The Labute approximate surface area is 107 Å². The zero-order valence-electron chi connectivity index (χ0n) is 11.8. The van der Waals surface area contributed by atoms with E-state index in [0.29, 0.717) is 0 Å². The van der Waals surface area contributed by atoms with Crippen LogP contribution in [-0.4, -0.2) is 36.6 Å². The predicted octanol–water partition coefficient (Wildman–Crippen LogP) is 3.03. The van der Waals surface area contributed by atoms with Gasteiger partial charge in [-0.2, -0.15) is 0 Å². The van der Waals surface area contributed by atoms with E-state index in [1.165, 1.54) is 64.6 Å². The standard InChI is InChI=1S/C15H30N2/c1-3-15-12-17(13(2)11-16-15)10-9-14-7-5-4-6-8-14/h13-16H,3-12H2,1-2H3. The van der Waals surface area contributed by atoms with Crippen LogP contribution in [0.5, 0.6) is 0 Å². The van der Waals surface area contributed by atoms with Gasteiger partial charge in [0.05, 0.1) is 0 Å². The van der Waals surface area contributed by atoms with Crippen LogP contribution in [0, 0.1) is 5.92 Å². The Kier molecular flexibility index (Phi) is 5.30. The molecule has 1 saturated heterocycles. The van der Waals surface area contributed by atoms with Crippen molar-refractivity contribution in [2.45, 2.75) is 70.9 Å². The number of hydrogen-bond acceptors (Lipinski definition) is 2. The zero-order valence-corrected chi connectivity index (χ0v) is 11.8. The van der Waals surface area contributed by atoms with Crippen LogP contribution in [0.25, 0.3) is 0 Å². The summed E-state index contributed by atoms with van der Waals surface area (Å²) >= 11 is 0. The molecule has 2 unspecified atom stereocenters. The Morgan fingerprint density at radius 1 is 1.18 bits per heavy atom. The second kappa shape index (κ2) is 6.75. The largest absolute Gasteiger partial charge is 0.311 e. The third kappa shape index (κ3) is 3.96. The first-order valence-electron chi connectivity index (χ1n) is 7.77. The molecule has 1 aliphatic carbocycles. The SMILES string of the molecule is CCC1CN(CCC2CCCCC2)C(C)CN1. The molecule has 2 nitrogen and oxygen atoms in total. The summed E-state index contributed by atoms with van der Waals surface area (Å²) in [4.78, 5) is 2.72. The number of nitrogens with one attached hydrogen (secondary N) is 1. The van der Waals surface area contributed by atoms with E-state index in [-0.39, 0.29) is 0 Å². The summed E-state index contributed by atoms with van der Waals surface area (Å²) in [6.07, 6.45) is 10.2. The van der Waals surface area contributed by atoms with Crippen LogP contribution in [0.3, 0.4) is 0 Å². The highest BCUT2D eigenvalue weighted by molar-refractivity contribution is 4.83. The van der Waals surface area contributed by atoms with Crippen molar-refractivity contribution in [3.63, 3.8) is 0 Å². The minimum Gasteiger partial charge on any atom is -0.311 e. The van der Waals surface area contributed by atoms with E-state index in [4.69, 9.17) is 0 Å². The molecule has 0 amide bonds. The van der Waals surface area contributed by atoms with E-state index in [2.05, 4.69) is 24.1 Å². The van der Waals surface area contributed by atoms with Gasteiger partial charge in [-0.3, -0.25) is 4.90 Å². The third-order valence-corrected chi connectivity index (χ3v) is 4.82. The molecule has 1 N–H and O–H groups in total. The van der Waals surface area contributed by atoms with E-state index in [0.717, 1.165) is 18.0 Å². The summed E-state index contributed by atoms with van der Waals surface area (Å²) < 4.78 is 0. The molecule has 1 heterocycles. The quantitative estimate of drug-likeness (QED) is 0.810. The van der Waals surface area contributed by atoms with E-state index >= 15 is 0 Å². The molecule has 17 heavy (non-hydrogen) atoms. The van der Waals surface area contributed by atoms with Gasteiger partial charge in [0.15, 0.2) is 0 Å². The van der Waals surface area contributed by atoms with Gasteiger partial charge in [0.2, 0.25) is 0 Å². The molecule has 1 saturated carbocycles. The molecule has 2 fully saturated rings. The fraction of sp³-hybridized carbons (Fsp3) is 1.00. The van der Waals surface area contributed by atoms with Crippen molar-refractivity contribution in [1.82, 2.24) is 10.2 Å². The van der Waals surface area contributed by atoms with Crippen LogP contribution in [-0.2, 0) is 0 Å². The van der Waals surface area contributed by atoms with Crippen molar-refractivity contribution in [2.75, 3.05) is 19.6 Å². The molecule has 0 bridgehead atoms. The summed E-state index contributed by atoms with van der Waals surface area (Å²) in [5.74, 6) is 1.03. The minimum absolute atomic E-state index is 0.734. The topological polar surface area (TPSA) is 15.3 Å². The van der Waals surface area contributed by atoms with E-state index in [1.54, 1.807) is 0 Å². The van der Waals surface area contributed by atoms with Crippen LogP contribution in [0.4, 0.5) is 0 Å². The lowest BCUT2D eigenvalue weighted by atomic mass is 9.87. The number of hydrogen-bond donors (Lipinski definition) is 1. The average Bonchev–Trinajstić information content (AvgIpc) is 2.39. The van der Waals surface area contributed by atoms with Gasteiger partial charge in [-0.25, -0.2) is 0 Å². The highest BCUT2D eigenvalue weighted by Gasteiger charge is 2.24. The Hall–Kier alpha value is -0.0800. The fourth-order valence-corrected chi connectivity index (χ4v) is 3.40. The normalized spacial score (nSPS) is 32.8. The summed E-state index contributed by atoms with van der Waals surface area (Å²) in [7, 11) is 0. The van der Waals surface area contributed by atoms with Gasteiger partial charge in [0.25, 0.3) is 0 Å². The second-order valence-corrected chi connectivity index (χ2v) is 6.15. The summed E-state index contributed by atoms with van der Waals surface area (Å²) in [5.41, 5.74) is 0. The third-order valence-electron chi connectivity index (χ3n) is 4.82. The van der Waals surface area contributed by atoms with E-state index in [1.807, 2.05) is 0 Å². The summed E-state index contributed by atoms with van der Waals surface area (Å²) in [5, 5.41) is 3.64. The first-order chi connectivity index (χ1) is 8.29. The molecule has 0 aromatic rings. The van der Waals surface area contributed by atoms with Gasteiger partial charge >= 0.3 is 0 Å². The van der Waals surface area contributed by atoms with Crippen molar-refractivity contribution in [3.05, 3.63) is 0 Å². The monoisotopic (exact) mass is 238 g/mol. The lowest BCUT2D eigenvalue weighted by molar-refractivity contribution is 0.126. The molecule has 2 aliphatic rings. The molecule has 2 heteroatoms. The number of piperazine rings is 1. The summed E-state index contributed by atoms with van der Waals surface area (Å²) in [6.45, 7) is 8.46. The fourth-order valence-electron chi connectivity index (χ4n) is 3.40. The maximum atomic E-state index is 3.64. The van der Waals surface area contributed by atoms with Crippen molar-refractivity contribution < 1.29 is 0 Å². The molecule has 2 rings (SSSR count). The maximum Gasteiger partial charge on any atom is 0.0193 e. The van der Waals surface area contributed by atoms with Gasteiger partial charge < -0.3 is 5.32 Å². The molecule has 0 aromatic carbocycles. The molecule has 2 atom stereocenters. The smallest absolute Gasteiger partial charge is 0.0193 e. The lowest BCUT2D eigenvalue weighted by Gasteiger charge is -2.39. The van der Waals surface area contributed by atoms with E-state index < -0.39 is 0 Å². The Bertz CT molecular complexity index is 211. The second-order valence-electron chi connectivity index (χ2n) is 6.15. The zero-order chi connectivity index (χ0) is 12.1. The first kappa shape index (κ1) is 13.4. The highest BCUT2D eigenvalue weighted by Crippen LogP contribution is 2.26. The average molecular weight is 238 g/mol. The van der Waals surface area contributed by atoms with Crippen molar-refractivity contribution in [3.8, 4) is 0 Å². The predicted molar refractivity (Wildman–Crippen MR) is 74.3 cm³/mol. The van der Waals surface area contributed by atoms with Gasteiger partial charge in [-0.15, -0.1) is 0 Å². The Morgan fingerprint density at radius 2 is 1.94 bits per heavy atom. The summed E-state index contributed by atoms with van der Waals surface area (Å²) in [6, 6.07) is 1.47. The Morgan fingerprint density at radius 3 is 2.65 bits per heavy atom. The van der Waals surface area contributed by atoms with Gasteiger partial charge in [0.1, 0.15) is 0 Å². The first-order valence-corrected chi connectivity index (χ1v) is 7.77. The lowest BCUT2D eigenvalue weighted by Crippen LogP contribution is -2.55. The Balaban J connectivity index is 1.72. The van der Waals surface area contributed by atoms with Crippen molar-refractivity contribution in [1.29, 1.82) is 0 Å². The van der Waals surface area contributed by atoms with Gasteiger partial charge in [-0.05, 0) is 32.2 Å². The van der Waals surface area contributed by atoms with Crippen LogP contribution in [0.1, 0.15) is 58.8 Å². The van der Waals surface area contributed by atoms with Crippen molar-refractivity contribution >= 4 is 0 Å². The van der Waals surface area contributed by atoms with Crippen LogP contribution < -0.4 is 5.32 Å². The van der Waals surface area contributed by atoms with Crippen LogP contribution in [0.2, 0.25) is 0 Å². The minimum atomic E-state index is 0.734. The molecule has 1 aliphatic heterocycles. The van der Waals surface area contributed by atoms with Gasteiger partial charge in [0, 0.05) is 25.2 Å². The highest BCUT2D eigenvalue weighted by atomic mass is 15.2. The van der Waals surface area contributed by atoms with Crippen LogP contribution in [0.15, 0.2) is 0 Å². The molecule has 0 spiro atoms. The molecule has 0 aromatic heterocycles. The molecule has 0 radical (unpaired) electrons. The van der Waals surface area contributed by atoms with Crippen molar-refractivity contribution in [2.24, 2.45) is 5.92 Å². The van der Waals surface area contributed by atoms with E-state index in [9.17, 15) is 0 Å².